The molecule has 0 spiro atoms. The van der Waals surface area contributed by atoms with Gasteiger partial charge in [-0.1, -0.05) is 0 Å². The van der Waals surface area contributed by atoms with E-state index in [9.17, 15) is 13.2 Å². The number of aliphatic carboxylic acids is 1. The molecule has 106 valence electrons. The molecule has 0 radical (unpaired) electrons. The van der Waals surface area contributed by atoms with Crippen molar-refractivity contribution in [2.75, 3.05) is 19.7 Å². The van der Waals surface area contributed by atoms with Gasteiger partial charge in [0.2, 0.25) is 0 Å². The van der Waals surface area contributed by atoms with Gasteiger partial charge in [0, 0.05) is 6.54 Å². The van der Waals surface area contributed by atoms with Crippen LogP contribution in [-0.4, -0.2) is 49.6 Å². The van der Waals surface area contributed by atoms with Crippen molar-refractivity contribution in [3.8, 4) is 0 Å². The lowest BCUT2D eigenvalue weighted by Gasteiger charge is -2.29. The van der Waals surface area contributed by atoms with Crippen molar-refractivity contribution in [2.45, 2.75) is 17.2 Å². The summed E-state index contributed by atoms with van der Waals surface area (Å²) in [5.41, 5.74) is 0.839. The number of carbonyl (C=O) groups is 1. The van der Waals surface area contributed by atoms with Crippen LogP contribution < -0.4 is 0 Å². The van der Waals surface area contributed by atoms with E-state index in [1.165, 1.54) is 0 Å². The van der Waals surface area contributed by atoms with Crippen LogP contribution in [0.1, 0.15) is 5.56 Å². The number of carboxylic acids is 1. The predicted molar refractivity (Wildman–Crippen MR) is 72.9 cm³/mol. The topological polar surface area (TPSA) is 83.9 Å². The normalized spacial score (nSPS) is 21.5. The smallest absolute Gasteiger partial charge is 0.334 e. The lowest BCUT2D eigenvalue weighted by atomic mass is 10.3. The molecule has 1 saturated heterocycles. The molecule has 6 nitrogen and oxygen atoms in total. The Hall–Kier alpha value is -0.480. The van der Waals surface area contributed by atoms with Crippen molar-refractivity contribution in [2.24, 2.45) is 0 Å². The van der Waals surface area contributed by atoms with Gasteiger partial charge in [0.05, 0.1) is 16.9 Å². The largest absolute Gasteiger partial charge is 0.479 e. The van der Waals surface area contributed by atoms with Gasteiger partial charge in [-0.05, 0) is 34.5 Å². The lowest BCUT2D eigenvalue weighted by molar-refractivity contribution is -0.153. The first-order valence-electron chi connectivity index (χ1n) is 5.43. The van der Waals surface area contributed by atoms with Gasteiger partial charge < -0.3 is 9.84 Å². The molecule has 0 amide bonds. The average Bonchev–Trinajstić information content (AvgIpc) is 2.70. The highest BCUT2D eigenvalue weighted by molar-refractivity contribution is 9.11. The summed E-state index contributed by atoms with van der Waals surface area (Å²) in [6.07, 6.45) is -1.10. The zero-order chi connectivity index (χ0) is 14.2. The Morgan fingerprint density at radius 3 is 2.84 bits per heavy atom. The third-order valence-electron chi connectivity index (χ3n) is 2.73. The molecule has 0 aromatic carbocycles. The SMILES string of the molecule is Cc1cc(S(=O)(=O)N2CCOC(C(=O)O)C2)sc1Br. The number of hydrogen-bond acceptors (Lipinski definition) is 5. The van der Waals surface area contributed by atoms with Crippen LogP contribution in [0.5, 0.6) is 0 Å². The summed E-state index contributed by atoms with van der Waals surface area (Å²) < 4.78 is 31.9. The van der Waals surface area contributed by atoms with Crippen LogP contribution in [0.4, 0.5) is 0 Å². The summed E-state index contributed by atoms with van der Waals surface area (Å²) in [5.74, 6) is -1.15. The van der Waals surface area contributed by atoms with Gasteiger partial charge in [-0.3, -0.25) is 0 Å². The second-order valence-corrected chi connectivity index (χ2v) is 8.62. The number of nitrogens with zero attached hydrogens (tertiary/aromatic N) is 1. The van der Waals surface area contributed by atoms with Gasteiger partial charge >= 0.3 is 5.97 Å². The molecule has 0 aliphatic carbocycles. The molecule has 2 heterocycles. The molecule has 1 aromatic rings. The average molecular weight is 370 g/mol. The van der Waals surface area contributed by atoms with E-state index in [1.54, 1.807) is 13.0 Å². The number of hydrogen-bond donors (Lipinski definition) is 1. The Morgan fingerprint density at radius 2 is 2.32 bits per heavy atom. The molecule has 19 heavy (non-hydrogen) atoms. The third-order valence-corrected chi connectivity index (χ3v) is 7.18. The Balaban J connectivity index is 2.26. The van der Waals surface area contributed by atoms with Gasteiger partial charge in [0.1, 0.15) is 4.21 Å². The van der Waals surface area contributed by atoms with E-state index in [0.29, 0.717) is 0 Å². The molecule has 1 unspecified atom stereocenters. The number of rotatable bonds is 3. The summed E-state index contributed by atoms with van der Waals surface area (Å²) in [6, 6.07) is 1.58. The fraction of sp³-hybridized carbons (Fsp3) is 0.500. The summed E-state index contributed by atoms with van der Waals surface area (Å²) in [5, 5.41) is 8.89. The maximum atomic E-state index is 12.4. The minimum Gasteiger partial charge on any atom is -0.479 e. The minimum atomic E-state index is -3.65. The number of morpholine rings is 1. The van der Waals surface area contributed by atoms with E-state index < -0.39 is 22.1 Å². The van der Waals surface area contributed by atoms with E-state index in [2.05, 4.69) is 15.9 Å². The molecule has 1 fully saturated rings. The third kappa shape index (κ3) is 3.00. The summed E-state index contributed by atoms with van der Waals surface area (Å²) >= 11 is 4.41. The van der Waals surface area contributed by atoms with Crippen molar-refractivity contribution >= 4 is 43.3 Å². The zero-order valence-corrected chi connectivity index (χ0v) is 13.2. The number of aryl methyl sites for hydroxylation is 1. The first kappa shape index (κ1) is 14.9. The molecular formula is C10H12BrNO5S2. The summed E-state index contributed by atoms with van der Waals surface area (Å²) in [4.78, 5) is 10.9. The molecule has 1 aliphatic heterocycles. The van der Waals surface area contributed by atoms with E-state index in [-0.39, 0.29) is 23.9 Å². The number of thiophene rings is 1. The van der Waals surface area contributed by atoms with Crippen molar-refractivity contribution < 1.29 is 23.1 Å². The van der Waals surface area contributed by atoms with Gasteiger partial charge in [0.25, 0.3) is 10.0 Å². The Morgan fingerprint density at radius 1 is 1.63 bits per heavy atom. The highest BCUT2D eigenvalue weighted by Crippen LogP contribution is 2.32. The van der Waals surface area contributed by atoms with E-state index in [4.69, 9.17) is 9.84 Å². The second kappa shape index (κ2) is 5.49. The van der Waals surface area contributed by atoms with Gasteiger partial charge in [0.15, 0.2) is 6.10 Å². The molecule has 1 aromatic heterocycles. The molecular weight excluding hydrogens is 358 g/mol. The van der Waals surface area contributed by atoms with Crippen LogP contribution in [0.15, 0.2) is 14.1 Å². The van der Waals surface area contributed by atoms with Gasteiger partial charge in [-0.2, -0.15) is 4.31 Å². The first-order chi connectivity index (χ1) is 8.82. The van der Waals surface area contributed by atoms with Crippen molar-refractivity contribution in [1.29, 1.82) is 0 Å². The van der Waals surface area contributed by atoms with Gasteiger partial charge in [-0.25, -0.2) is 13.2 Å². The Bertz CT molecular complexity index is 578. The van der Waals surface area contributed by atoms with Crippen LogP contribution in [-0.2, 0) is 19.6 Å². The molecule has 0 saturated carbocycles. The van der Waals surface area contributed by atoms with Crippen LogP contribution in [0.2, 0.25) is 0 Å². The maximum absolute atomic E-state index is 12.4. The van der Waals surface area contributed by atoms with Crippen LogP contribution in [0, 0.1) is 6.92 Å². The van der Waals surface area contributed by atoms with Crippen molar-refractivity contribution in [3.05, 3.63) is 15.4 Å². The number of sulfonamides is 1. The Labute approximate surface area is 123 Å². The van der Waals surface area contributed by atoms with Gasteiger partial charge in [-0.15, -0.1) is 11.3 Å². The fourth-order valence-electron chi connectivity index (χ4n) is 1.68. The molecule has 1 N–H and O–H groups in total. The first-order valence-corrected chi connectivity index (χ1v) is 8.48. The molecule has 2 rings (SSSR count). The summed E-state index contributed by atoms with van der Waals surface area (Å²) in [6.45, 7) is 1.90. The number of ether oxygens (including phenoxy) is 1. The quantitative estimate of drug-likeness (QED) is 0.867. The standard InChI is InChI=1S/C10H12BrNO5S2/c1-6-4-8(18-9(6)11)19(15,16)12-2-3-17-7(5-12)10(13)14/h4,7H,2-3,5H2,1H3,(H,13,14). The maximum Gasteiger partial charge on any atom is 0.334 e. The monoisotopic (exact) mass is 369 g/mol. The van der Waals surface area contributed by atoms with Crippen LogP contribution >= 0.6 is 27.3 Å². The predicted octanol–water partition coefficient (Wildman–Crippen LogP) is 1.29. The van der Waals surface area contributed by atoms with Crippen LogP contribution in [0.25, 0.3) is 0 Å². The lowest BCUT2D eigenvalue weighted by Crippen LogP contribution is -2.48. The summed E-state index contributed by atoms with van der Waals surface area (Å²) in [7, 11) is -3.65. The highest BCUT2D eigenvalue weighted by atomic mass is 79.9. The fourth-order valence-corrected chi connectivity index (χ4v) is 5.49. The van der Waals surface area contributed by atoms with E-state index >= 15 is 0 Å². The van der Waals surface area contributed by atoms with E-state index in [1.807, 2.05) is 0 Å². The molecule has 9 heteroatoms. The number of halogens is 1. The molecule has 1 atom stereocenters. The van der Waals surface area contributed by atoms with Crippen molar-refractivity contribution in [1.82, 2.24) is 4.31 Å². The minimum absolute atomic E-state index is 0.0850. The van der Waals surface area contributed by atoms with E-state index in [0.717, 1.165) is 25.0 Å². The second-order valence-electron chi connectivity index (χ2n) is 4.08. The highest BCUT2D eigenvalue weighted by Gasteiger charge is 2.34. The van der Waals surface area contributed by atoms with Crippen molar-refractivity contribution in [3.63, 3.8) is 0 Å². The zero-order valence-electron chi connectivity index (χ0n) is 10.00. The Kier molecular flexibility index (Phi) is 4.31. The van der Waals surface area contributed by atoms with Crippen LogP contribution in [0.3, 0.4) is 0 Å². The molecule has 0 bridgehead atoms. The number of carboxylic acid groups (broad SMARTS) is 1. The molecule has 1 aliphatic rings.